The molecular formula is C14H20N2O5. The summed E-state index contributed by atoms with van der Waals surface area (Å²) in [5.41, 5.74) is -0.418. The summed E-state index contributed by atoms with van der Waals surface area (Å²) in [7, 11) is 1.63. The van der Waals surface area contributed by atoms with E-state index in [2.05, 4.69) is 5.32 Å². The number of benzene rings is 1. The number of likely N-dealkylation sites (N-methyl/N-ethyl adjacent to an activating group) is 1. The number of non-ortho nitro benzene ring substituents is 1. The Kier molecular flexibility index (Phi) is 5.80. The number of rotatable bonds is 6. The number of esters is 1. The van der Waals surface area contributed by atoms with Crippen molar-refractivity contribution in [3.63, 3.8) is 0 Å². The highest BCUT2D eigenvalue weighted by Crippen LogP contribution is 2.18. The van der Waals surface area contributed by atoms with Crippen molar-refractivity contribution in [2.75, 3.05) is 13.7 Å². The second-order valence-electron chi connectivity index (χ2n) is 5.44. The summed E-state index contributed by atoms with van der Waals surface area (Å²) >= 11 is 0. The molecule has 0 aliphatic rings. The Morgan fingerprint density at radius 3 is 2.33 bits per heavy atom. The van der Waals surface area contributed by atoms with Gasteiger partial charge in [0, 0.05) is 12.1 Å². The first-order valence-electron chi connectivity index (χ1n) is 6.50. The van der Waals surface area contributed by atoms with E-state index in [-0.39, 0.29) is 23.6 Å². The highest BCUT2D eigenvalue weighted by molar-refractivity contribution is 5.78. The van der Waals surface area contributed by atoms with Crippen molar-refractivity contribution in [2.45, 2.75) is 32.4 Å². The normalized spacial score (nSPS) is 12.8. The van der Waals surface area contributed by atoms with Crippen LogP contribution in [-0.4, -0.2) is 36.2 Å². The van der Waals surface area contributed by atoms with Crippen molar-refractivity contribution >= 4 is 11.7 Å². The van der Waals surface area contributed by atoms with E-state index >= 15 is 0 Å². The molecule has 116 valence electrons. The molecule has 1 aromatic rings. The summed E-state index contributed by atoms with van der Waals surface area (Å²) < 4.78 is 10.7. The first-order chi connectivity index (χ1) is 9.73. The van der Waals surface area contributed by atoms with E-state index in [9.17, 15) is 14.9 Å². The lowest BCUT2D eigenvalue weighted by Crippen LogP contribution is -2.43. The molecular weight excluding hydrogens is 276 g/mol. The molecule has 1 atom stereocenters. The number of nitro groups is 1. The van der Waals surface area contributed by atoms with E-state index < -0.39 is 16.9 Å². The van der Waals surface area contributed by atoms with Crippen LogP contribution in [0.4, 0.5) is 5.69 Å². The Labute approximate surface area is 123 Å². The van der Waals surface area contributed by atoms with Gasteiger partial charge in [-0.1, -0.05) is 0 Å². The van der Waals surface area contributed by atoms with Crippen LogP contribution in [0.5, 0.6) is 5.75 Å². The molecule has 1 rings (SSSR count). The first kappa shape index (κ1) is 17.1. The molecule has 0 aliphatic heterocycles. The average molecular weight is 296 g/mol. The molecule has 1 aromatic carbocycles. The second kappa shape index (κ2) is 7.14. The zero-order valence-electron chi connectivity index (χ0n) is 12.6. The third-order valence-electron chi connectivity index (χ3n) is 2.58. The Morgan fingerprint density at radius 2 is 1.90 bits per heavy atom. The number of ether oxygens (including phenoxy) is 2. The number of hydrogen-bond donors (Lipinski definition) is 1. The molecule has 0 aromatic heterocycles. The molecule has 7 nitrogen and oxygen atoms in total. The number of carbonyl (C=O) groups excluding carboxylic acids is 1. The van der Waals surface area contributed by atoms with Crippen molar-refractivity contribution in [2.24, 2.45) is 0 Å². The molecule has 1 N–H and O–H groups in total. The topological polar surface area (TPSA) is 90.7 Å². The van der Waals surface area contributed by atoms with Crippen LogP contribution in [0.2, 0.25) is 0 Å². The zero-order chi connectivity index (χ0) is 16.0. The molecule has 0 heterocycles. The van der Waals surface area contributed by atoms with Crippen LogP contribution in [-0.2, 0) is 9.53 Å². The summed E-state index contributed by atoms with van der Waals surface area (Å²) in [4.78, 5) is 22.0. The number of nitrogens with zero attached hydrogens (tertiary/aromatic N) is 1. The Morgan fingerprint density at radius 1 is 1.33 bits per heavy atom. The maximum Gasteiger partial charge on any atom is 0.330 e. The maximum atomic E-state index is 12.0. The Bertz CT molecular complexity index is 493. The van der Waals surface area contributed by atoms with Crippen LogP contribution < -0.4 is 10.1 Å². The van der Waals surface area contributed by atoms with Crippen LogP contribution in [0.3, 0.4) is 0 Å². The van der Waals surface area contributed by atoms with E-state index in [1.54, 1.807) is 7.05 Å². The van der Waals surface area contributed by atoms with Gasteiger partial charge in [-0.05, 0) is 40.0 Å². The molecule has 0 bridgehead atoms. The van der Waals surface area contributed by atoms with Crippen molar-refractivity contribution in [1.82, 2.24) is 5.32 Å². The Balaban J connectivity index is 2.63. The third kappa shape index (κ3) is 5.88. The summed E-state index contributed by atoms with van der Waals surface area (Å²) in [5, 5.41) is 13.4. The van der Waals surface area contributed by atoms with Crippen LogP contribution in [0.15, 0.2) is 24.3 Å². The SMILES string of the molecule is CN[C@@H](COC(C)(C)C)C(=O)Oc1ccc([N+](=O)[O-])cc1. The van der Waals surface area contributed by atoms with Gasteiger partial charge in [0.25, 0.3) is 5.69 Å². The fourth-order valence-corrected chi connectivity index (χ4v) is 1.43. The van der Waals surface area contributed by atoms with E-state index in [1.165, 1.54) is 24.3 Å². The number of hydrogen-bond acceptors (Lipinski definition) is 6. The van der Waals surface area contributed by atoms with Gasteiger partial charge in [0.05, 0.1) is 17.1 Å². The molecule has 0 spiro atoms. The van der Waals surface area contributed by atoms with Gasteiger partial charge in [0.1, 0.15) is 11.8 Å². The lowest BCUT2D eigenvalue weighted by Gasteiger charge is -2.23. The van der Waals surface area contributed by atoms with E-state index in [1.807, 2.05) is 20.8 Å². The molecule has 0 radical (unpaired) electrons. The molecule has 0 amide bonds. The van der Waals surface area contributed by atoms with Crippen LogP contribution >= 0.6 is 0 Å². The van der Waals surface area contributed by atoms with Crippen molar-refractivity contribution in [1.29, 1.82) is 0 Å². The average Bonchev–Trinajstić information content (AvgIpc) is 2.38. The quantitative estimate of drug-likeness (QED) is 0.373. The highest BCUT2D eigenvalue weighted by Gasteiger charge is 2.22. The number of nitrogens with one attached hydrogen (secondary N) is 1. The fraction of sp³-hybridized carbons (Fsp3) is 0.500. The number of carbonyl (C=O) groups is 1. The second-order valence-corrected chi connectivity index (χ2v) is 5.44. The number of nitro benzene ring substituents is 1. The van der Waals surface area contributed by atoms with E-state index in [0.717, 1.165) is 0 Å². The van der Waals surface area contributed by atoms with Crippen LogP contribution in [0.1, 0.15) is 20.8 Å². The van der Waals surface area contributed by atoms with Gasteiger partial charge in [0.15, 0.2) is 0 Å². The van der Waals surface area contributed by atoms with Crippen molar-refractivity contribution in [3.8, 4) is 5.75 Å². The maximum absolute atomic E-state index is 12.0. The molecule has 0 saturated heterocycles. The van der Waals surface area contributed by atoms with Crippen molar-refractivity contribution < 1.29 is 19.2 Å². The lowest BCUT2D eigenvalue weighted by atomic mass is 10.2. The molecule has 21 heavy (non-hydrogen) atoms. The largest absolute Gasteiger partial charge is 0.425 e. The van der Waals surface area contributed by atoms with Gasteiger partial charge in [-0.25, -0.2) is 4.79 Å². The zero-order valence-corrected chi connectivity index (χ0v) is 12.6. The van der Waals surface area contributed by atoms with Crippen molar-refractivity contribution in [3.05, 3.63) is 34.4 Å². The molecule has 0 fully saturated rings. The standard InChI is InChI=1S/C14H20N2O5/c1-14(2,3)20-9-12(15-4)13(17)21-11-7-5-10(6-8-11)16(18)19/h5-8,12,15H,9H2,1-4H3/t12-/m0/s1. The van der Waals surface area contributed by atoms with Gasteiger partial charge in [-0.2, -0.15) is 0 Å². The van der Waals surface area contributed by atoms with Gasteiger partial charge < -0.3 is 14.8 Å². The minimum absolute atomic E-state index is 0.0592. The minimum Gasteiger partial charge on any atom is -0.425 e. The third-order valence-corrected chi connectivity index (χ3v) is 2.58. The molecule has 0 aliphatic carbocycles. The van der Waals surface area contributed by atoms with Gasteiger partial charge in [0.2, 0.25) is 0 Å². The van der Waals surface area contributed by atoms with Gasteiger partial charge >= 0.3 is 5.97 Å². The summed E-state index contributed by atoms with van der Waals surface area (Å²) in [6.07, 6.45) is 0. The predicted octanol–water partition coefficient (Wildman–Crippen LogP) is 1.90. The van der Waals surface area contributed by atoms with Crippen LogP contribution in [0, 0.1) is 10.1 Å². The van der Waals surface area contributed by atoms with Gasteiger partial charge in [-0.15, -0.1) is 0 Å². The fourth-order valence-electron chi connectivity index (χ4n) is 1.43. The monoisotopic (exact) mass is 296 g/mol. The van der Waals surface area contributed by atoms with E-state index in [0.29, 0.717) is 0 Å². The summed E-state index contributed by atoms with van der Waals surface area (Å²) in [5.74, 6) is -0.253. The highest BCUT2D eigenvalue weighted by atomic mass is 16.6. The summed E-state index contributed by atoms with van der Waals surface area (Å²) in [6.45, 7) is 5.84. The predicted molar refractivity (Wildman–Crippen MR) is 77.3 cm³/mol. The van der Waals surface area contributed by atoms with Crippen LogP contribution in [0.25, 0.3) is 0 Å². The minimum atomic E-state index is -0.612. The first-order valence-corrected chi connectivity index (χ1v) is 6.50. The smallest absolute Gasteiger partial charge is 0.330 e. The lowest BCUT2D eigenvalue weighted by molar-refractivity contribution is -0.384. The van der Waals surface area contributed by atoms with Gasteiger partial charge in [-0.3, -0.25) is 10.1 Å². The summed E-state index contributed by atoms with van der Waals surface area (Å²) in [6, 6.07) is 4.71. The molecule has 0 saturated carbocycles. The molecule has 0 unspecified atom stereocenters. The Hall–Kier alpha value is -1.99. The molecule has 7 heteroatoms. The van der Waals surface area contributed by atoms with E-state index in [4.69, 9.17) is 9.47 Å².